The van der Waals surface area contributed by atoms with Crippen LogP contribution in [0.5, 0.6) is 0 Å². The minimum atomic E-state index is -4.16. The zero-order chi connectivity index (χ0) is 12.2. The van der Waals surface area contributed by atoms with Crippen LogP contribution in [0.3, 0.4) is 0 Å². The first-order chi connectivity index (χ1) is 7.37. The standard InChI is InChI=1S/C7H7Cl2F3N4/c8-4-14-5(9)16-6(15-4)13-3-1-2-7(10,11)12/h1-3H2,(H,13,14,15,16). The van der Waals surface area contributed by atoms with Gasteiger partial charge < -0.3 is 5.32 Å². The summed E-state index contributed by atoms with van der Waals surface area (Å²) in [5.74, 6) is 0.0622. The van der Waals surface area contributed by atoms with Crippen LogP contribution in [0.15, 0.2) is 0 Å². The van der Waals surface area contributed by atoms with Crippen LogP contribution in [0.25, 0.3) is 0 Å². The van der Waals surface area contributed by atoms with Gasteiger partial charge in [0, 0.05) is 13.0 Å². The molecule has 0 atom stereocenters. The predicted molar refractivity (Wildman–Crippen MR) is 53.6 cm³/mol. The van der Waals surface area contributed by atoms with Gasteiger partial charge in [-0.1, -0.05) is 0 Å². The van der Waals surface area contributed by atoms with Crippen molar-refractivity contribution in [3.8, 4) is 0 Å². The number of rotatable bonds is 4. The van der Waals surface area contributed by atoms with E-state index in [-0.39, 0.29) is 29.5 Å². The maximum atomic E-state index is 11.8. The summed E-state index contributed by atoms with van der Waals surface area (Å²) in [4.78, 5) is 10.8. The second-order valence-corrected chi connectivity index (χ2v) is 3.52. The van der Waals surface area contributed by atoms with Gasteiger partial charge in [-0.15, -0.1) is 0 Å². The molecule has 0 amide bonds. The molecule has 0 aliphatic carbocycles. The lowest BCUT2D eigenvalue weighted by atomic mass is 10.3. The molecular weight excluding hydrogens is 268 g/mol. The molecule has 0 fully saturated rings. The van der Waals surface area contributed by atoms with E-state index in [0.29, 0.717) is 0 Å². The summed E-state index contributed by atoms with van der Waals surface area (Å²) in [6.45, 7) is 0.0795. The van der Waals surface area contributed by atoms with E-state index in [0.717, 1.165) is 0 Å². The first-order valence-corrected chi connectivity index (χ1v) is 5.00. The van der Waals surface area contributed by atoms with Gasteiger partial charge in [-0.05, 0) is 29.6 Å². The fraction of sp³-hybridized carbons (Fsp3) is 0.571. The van der Waals surface area contributed by atoms with Crippen molar-refractivity contribution in [3.05, 3.63) is 10.6 Å². The number of halogens is 5. The van der Waals surface area contributed by atoms with Crippen molar-refractivity contribution in [2.45, 2.75) is 19.0 Å². The Morgan fingerprint density at radius 1 is 1.06 bits per heavy atom. The second kappa shape index (κ2) is 5.49. The molecule has 16 heavy (non-hydrogen) atoms. The van der Waals surface area contributed by atoms with Crippen molar-refractivity contribution >= 4 is 29.2 Å². The molecule has 90 valence electrons. The smallest absolute Gasteiger partial charge is 0.354 e. The van der Waals surface area contributed by atoms with Crippen LogP contribution < -0.4 is 5.32 Å². The number of hydrogen-bond donors (Lipinski definition) is 1. The molecule has 1 aromatic heterocycles. The Balaban J connectivity index is 2.37. The van der Waals surface area contributed by atoms with Gasteiger partial charge in [0.1, 0.15) is 0 Å². The summed E-state index contributed by atoms with van der Waals surface area (Å²) in [5, 5.41) is 2.34. The van der Waals surface area contributed by atoms with Gasteiger partial charge in [0.2, 0.25) is 16.5 Å². The molecule has 0 bridgehead atoms. The molecule has 0 spiro atoms. The lowest BCUT2D eigenvalue weighted by Crippen LogP contribution is -2.12. The Morgan fingerprint density at radius 2 is 1.62 bits per heavy atom. The molecule has 1 N–H and O–H groups in total. The number of nitrogens with one attached hydrogen (secondary N) is 1. The van der Waals surface area contributed by atoms with Crippen molar-refractivity contribution < 1.29 is 13.2 Å². The maximum Gasteiger partial charge on any atom is 0.389 e. The Morgan fingerprint density at radius 3 is 2.12 bits per heavy atom. The van der Waals surface area contributed by atoms with Crippen LogP contribution in [0, 0.1) is 0 Å². The highest BCUT2D eigenvalue weighted by Crippen LogP contribution is 2.21. The molecule has 1 aromatic rings. The van der Waals surface area contributed by atoms with Crippen molar-refractivity contribution in [3.63, 3.8) is 0 Å². The maximum absolute atomic E-state index is 11.8. The van der Waals surface area contributed by atoms with Gasteiger partial charge in [-0.25, -0.2) is 0 Å². The minimum absolute atomic E-state index is 0.0622. The molecule has 0 saturated heterocycles. The van der Waals surface area contributed by atoms with Crippen molar-refractivity contribution in [1.82, 2.24) is 15.0 Å². The zero-order valence-electron chi connectivity index (χ0n) is 7.85. The normalized spacial score (nSPS) is 11.6. The van der Waals surface area contributed by atoms with E-state index >= 15 is 0 Å². The van der Waals surface area contributed by atoms with E-state index in [2.05, 4.69) is 20.3 Å². The fourth-order valence-electron chi connectivity index (χ4n) is 0.894. The van der Waals surface area contributed by atoms with E-state index in [4.69, 9.17) is 23.2 Å². The van der Waals surface area contributed by atoms with E-state index in [1.165, 1.54) is 0 Å². The van der Waals surface area contributed by atoms with Gasteiger partial charge in [0.25, 0.3) is 0 Å². The molecule has 1 rings (SSSR count). The largest absolute Gasteiger partial charge is 0.389 e. The van der Waals surface area contributed by atoms with Gasteiger partial charge in [0.05, 0.1) is 0 Å². The molecule has 1 heterocycles. The number of nitrogens with zero attached hydrogens (tertiary/aromatic N) is 3. The van der Waals surface area contributed by atoms with Crippen molar-refractivity contribution in [1.29, 1.82) is 0 Å². The molecule has 4 nitrogen and oxygen atoms in total. The molecule has 0 aliphatic rings. The Kier molecular flexibility index (Phi) is 4.55. The molecule has 0 aromatic carbocycles. The molecule has 0 saturated carbocycles. The summed E-state index contributed by atoms with van der Waals surface area (Å²) < 4.78 is 35.4. The van der Waals surface area contributed by atoms with Crippen LogP contribution in [-0.2, 0) is 0 Å². The van der Waals surface area contributed by atoms with Gasteiger partial charge in [-0.3, -0.25) is 0 Å². The number of aromatic nitrogens is 3. The average Bonchev–Trinajstić information content (AvgIpc) is 2.09. The lowest BCUT2D eigenvalue weighted by Gasteiger charge is -2.07. The van der Waals surface area contributed by atoms with E-state index in [1.807, 2.05) is 0 Å². The van der Waals surface area contributed by atoms with Gasteiger partial charge >= 0.3 is 6.18 Å². The average molecular weight is 275 g/mol. The predicted octanol–water partition coefficient (Wildman–Crippen LogP) is 2.93. The van der Waals surface area contributed by atoms with E-state index in [9.17, 15) is 13.2 Å². The summed E-state index contributed by atoms with van der Waals surface area (Å²) in [6, 6.07) is 0. The highest BCUT2D eigenvalue weighted by atomic mass is 35.5. The van der Waals surface area contributed by atoms with Crippen LogP contribution in [0.1, 0.15) is 12.8 Å². The van der Waals surface area contributed by atoms with E-state index in [1.54, 1.807) is 0 Å². The lowest BCUT2D eigenvalue weighted by molar-refractivity contribution is -0.134. The van der Waals surface area contributed by atoms with Crippen molar-refractivity contribution in [2.75, 3.05) is 11.9 Å². The summed E-state index contributed by atoms with van der Waals surface area (Å²) in [6.07, 6.45) is -5.10. The Labute approximate surface area is 99.2 Å². The molecule has 0 aliphatic heterocycles. The highest BCUT2D eigenvalue weighted by Gasteiger charge is 2.25. The Bertz CT molecular complexity index is 338. The molecular formula is C7H7Cl2F3N4. The van der Waals surface area contributed by atoms with Gasteiger partial charge in [0.15, 0.2) is 0 Å². The zero-order valence-corrected chi connectivity index (χ0v) is 9.36. The monoisotopic (exact) mass is 274 g/mol. The minimum Gasteiger partial charge on any atom is -0.354 e. The third-order valence-corrected chi connectivity index (χ3v) is 1.84. The number of alkyl halides is 3. The van der Waals surface area contributed by atoms with Crippen LogP contribution in [0.4, 0.5) is 19.1 Å². The molecule has 9 heteroatoms. The molecule has 0 radical (unpaired) electrons. The first-order valence-electron chi connectivity index (χ1n) is 4.24. The Hall–Kier alpha value is -0.820. The quantitative estimate of drug-likeness (QED) is 0.858. The molecule has 0 unspecified atom stereocenters. The number of anilines is 1. The van der Waals surface area contributed by atoms with Crippen LogP contribution in [0.2, 0.25) is 10.6 Å². The van der Waals surface area contributed by atoms with Crippen LogP contribution in [-0.4, -0.2) is 27.7 Å². The third-order valence-electron chi connectivity index (χ3n) is 1.50. The van der Waals surface area contributed by atoms with E-state index < -0.39 is 12.6 Å². The van der Waals surface area contributed by atoms with Crippen LogP contribution >= 0.6 is 23.2 Å². The second-order valence-electron chi connectivity index (χ2n) is 2.84. The first kappa shape index (κ1) is 13.2. The summed E-state index contributed by atoms with van der Waals surface area (Å²) in [7, 11) is 0. The third kappa shape index (κ3) is 5.32. The topological polar surface area (TPSA) is 50.7 Å². The highest BCUT2D eigenvalue weighted by molar-refractivity contribution is 6.31. The number of hydrogen-bond acceptors (Lipinski definition) is 4. The summed E-state index contributed by atoms with van der Waals surface area (Å²) in [5.41, 5.74) is 0. The summed E-state index contributed by atoms with van der Waals surface area (Å²) >= 11 is 10.9. The van der Waals surface area contributed by atoms with Gasteiger partial charge in [-0.2, -0.15) is 28.1 Å². The fourth-order valence-corrected chi connectivity index (χ4v) is 1.26. The SMILES string of the molecule is FC(F)(F)CCCNc1nc(Cl)nc(Cl)n1. The van der Waals surface area contributed by atoms with Crippen molar-refractivity contribution in [2.24, 2.45) is 0 Å².